The van der Waals surface area contributed by atoms with Crippen molar-refractivity contribution in [2.24, 2.45) is 5.73 Å². The minimum absolute atomic E-state index is 0. The SMILES string of the molecule is COc1ccc(Br)cc1CC(=O)N(C)C(C)CN.Cl. The Kier molecular flexibility index (Phi) is 8.06. The van der Waals surface area contributed by atoms with Gasteiger partial charge in [0.15, 0.2) is 0 Å². The molecule has 1 amide bonds. The zero-order valence-electron chi connectivity index (χ0n) is 11.4. The van der Waals surface area contributed by atoms with Gasteiger partial charge in [-0.15, -0.1) is 12.4 Å². The van der Waals surface area contributed by atoms with Crippen LogP contribution in [0.1, 0.15) is 12.5 Å². The van der Waals surface area contributed by atoms with Gasteiger partial charge in [-0.25, -0.2) is 0 Å². The second-order valence-electron chi connectivity index (χ2n) is 4.22. The van der Waals surface area contributed by atoms with E-state index in [4.69, 9.17) is 10.5 Å². The van der Waals surface area contributed by atoms with Gasteiger partial charge in [0.05, 0.1) is 13.5 Å². The standard InChI is InChI=1S/C13H19BrN2O2.ClH/c1-9(8-15)16(2)13(17)7-10-6-11(14)4-5-12(10)18-3;/h4-6,9H,7-8,15H2,1-3H3;1H. The maximum absolute atomic E-state index is 12.1. The summed E-state index contributed by atoms with van der Waals surface area (Å²) in [6.45, 7) is 2.38. The minimum Gasteiger partial charge on any atom is -0.496 e. The highest BCUT2D eigenvalue weighted by molar-refractivity contribution is 9.10. The fourth-order valence-corrected chi connectivity index (χ4v) is 1.99. The number of nitrogens with zero attached hydrogens (tertiary/aromatic N) is 1. The maximum Gasteiger partial charge on any atom is 0.227 e. The van der Waals surface area contributed by atoms with Crippen molar-refractivity contribution in [3.63, 3.8) is 0 Å². The number of halogens is 2. The molecule has 0 radical (unpaired) electrons. The van der Waals surface area contributed by atoms with Gasteiger partial charge in [0.2, 0.25) is 5.91 Å². The van der Waals surface area contributed by atoms with Crippen LogP contribution in [0.5, 0.6) is 5.75 Å². The van der Waals surface area contributed by atoms with E-state index in [1.807, 2.05) is 25.1 Å². The quantitative estimate of drug-likeness (QED) is 0.885. The molecule has 108 valence electrons. The number of carbonyl (C=O) groups is 1. The Hall–Kier alpha value is -0.780. The molecule has 1 unspecified atom stereocenters. The van der Waals surface area contributed by atoms with Crippen molar-refractivity contribution >= 4 is 34.2 Å². The molecule has 1 rings (SSSR count). The summed E-state index contributed by atoms with van der Waals surface area (Å²) >= 11 is 3.39. The molecule has 0 aliphatic heterocycles. The Bertz CT molecular complexity index is 429. The molecule has 1 atom stereocenters. The summed E-state index contributed by atoms with van der Waals surface area (Å²) in [4.78, 5) is 13.8. The first-order chi connectivity index (χ1) is 8.49. The van der Waals surface area contributed by atoms with Crippen LogP contribution < -0.4 is 10.5 Å². The molecule has 4 nitrogen and oxygen atoms in total. The molecule has 19 heavy (non-hydrogen) atoms. The van der Waals surface area contributed by atoms with Crippen LogP contribution in [-0.4, -0.2) is 37.6 Å². The number of amides is 1. The third kappa shape index (κ3) is 5.01. The van der Waals surface area contributed by atoms with Gasteiger partial charge in [0.1, 0.15) is 5.75 Å². The van der Waals surface area contributed by atoms with E-state index in [1.54, 1.807) is 19.1 Å². The zero-order chi connectivity index (χ0) is 13.7. The van der Waals surface area contributed by atoms with Crippen molar-refractivity contribution in [1.82, 2.24) is 4.90 Å². The number of nitrogens with two attached hydrogens (primary N) is 1. The summed E-state index contributed by atoms with van der Waals surface area (Å²) in [5.74, 6) is 0.754. The predicted molar refractivity (Wildman–Crippen MR) is 82.9 cm³/mol. The molecule has 2 N–H and O–H groups in total. The van der Waals surface area contributed by atoms with Crippen LogP contribution in [0, 0.1) is 0 Å². The Morgan fingerprint density at radius 3 is 2.68 bits per heavy atom. The van der Waals surface area contributed by atoms with Crippen molar-refractivity contribution < 1.29 is 9.53 Å². The summed E-state index contributed by atoms with van der Waals surface area (Å²) in [7, 11) is 3.37. The van der Waals surface area contributed by atoms with Crippen LogP contribution in [0.3, 0.4) is 0 Å². The molecule has 0 spiro atoms. The molecule has 0 aliphatic carbocycles. The van der Waals surface area contributed by atoms with E-state index in [0.717, 1.165) is 15.8 Å². The molecular weight excluding hydrogens is 332 g/mol. The number of ether oxygens (including phenoxy) is 1. The fraction of sp³-hybridized carbons (Fsp3) is 0.462. The largest absolute Gasteiger partial charge is 0.496 e. The van der Waals surface area contributed by atoms with Crippen LogP contribution >= 0.6 is 28.3 Å². The first kappa shape index (κ1) is 18.2. The number of hydrogen-bond donors (Lipinski definition) is 1. The van der Waals surface area contributed by atoms with Crippen molar-refractivity contribution in [2.75, 3.05) is 20.7 Å². The van der Waals surface area contributed by atoms with E-state index in [1.165, 1.54) is 0 Å². The second-order valence-corrected chi connectivity index (χ2v) is 5.14. The normalized spacial score (nSPS) is 11.4. The average molecular weight is 352 g/mol. The molecule has 1 aromatic rings. The summed E-state index contributed by atoms with van der Waals surface area (Å²) in [5, 5.41) is 0. The number of carbonyl (C=O) groups excluding carboxylic acids is 1. The Balaban J connectivity index is 0.00000324. The minimum atomic E-state index is 0. The molecule has 0 aliphatic rings. The Labute approximate surface area is 128 Å². The smallest absolute Gasteiger partial charge is 0.227 e. The van der Waals surface area contributed by atoms with Crippen molar-refractivity contribution in [2.45, 2.75) is 19.4 Å². The van der Waals surface area contributed by atoms with Crippen LogP contribution in [0.4, 0.5) is 0 Å². The molecule has 0 saturated carbocycles. The van der Waals surface area contributed by atoms with Gasteiger partial charge in [-0.1, -0.05) is 15.9 Å². The van der Waals surface area contributed by atoms with Crippen LogP contribution in [0.2, 0.25) is 0 Å². The lowest BCUT2D eigenvalue weighted by atomic mass is 10.1. The third-order valence-electron chi connectivity index (χ3n) is 2.98. The Morgan fingerprint density at radius 2 is 2.16 bits per heavy atom. The highest BCUT2D eigenvalue weighted by Crippen LogP contribution is 2.23. The van der Waals surface area contributed by atoms with E-state index >= 15 is 0 Å². The van der Waals surface area contributed by atoms with Crippen molar-refractivity contribution in [1.29, 1.82) is 0 Å². The molecule has 0 aromatic heterocycles. The summed E-state index contributed by atoms with van der Waals surface area (Å²) in [6.07, 6.45) is 0.309. The Morgan fingerprint density at radius 1 is 1.53 bits per heavy atom. The van der Waals surface area contributed by atoms with Crippen molar-refractivity contribution in [3.8, 4) is 5.75 Å². The maximum atomic E-state index is 12.1. The second kappa shape index (κ2) is 8.40. The molecule has 0 bridgehead atoms. The predicted octanol–water partition coefficient (Wildman–Crippen LogP) is 2.23. The first-order valence-corrected chi connectivity index (χ1v) is 6.57. The third-order valence-corrected chi connectivity index (χ3v) is 3.47. The lowest BCUT2D eigenvalue weighted by Gasteiger charge is -2.24. The van der Waals surface area contributed by atoms with E-state index in [9.17, 15) is 4.79 Å². The molecule has 0 heterocycles. The lowest BCUT2D eigenvalue weighted by molar-refractivity contribution is -0.130. The number of hydrogen-bond acceptors (Lipinski definition) is 3. The van der Waals surface area contributed by atoms with Gasteiger partial charge in [-0.2, -0.15) is 0 Å². The number of rotatable bonds is 5. The molecular formula is C13H20BrClN2O2. The van der Waals surface area contributed by atoms with Gasteiger partial charge in [-0.3, -0.25) is 4.79 Å². The van der Waals surface area contributed by atoms with Crippen LogP contribution in [0.15, 0.2) is 22.7 Å². The van der Waals surface area contributed by atoms with Crippen LogP contribution in [-0.2, 0) is 11.2 Å². The van der Waals surface area contributed by atoms with Gasteiger partial charge in [-0.05, 0) is 25.1 Å². The monoisotopic (exact) mass is 350 g/mol. The van der Waals surface area contributed by atoms with E-state index in [2.05, 4.69) is 15.9 Å². The average Bonchev–Trinajstić information content (AvgIpc) is 2.37. The van der Waals surface area contributed by atoms with Gasteiger partial charge in [0, 0.05) is 29.7 Å². The summed E-state index contributed by atoms with van der Waals surface area (Å²) in [6, 6.07) is 5.67. The van der Waals surface area contributed by atoms with Crippen molar-refractivity contribution in [3.05, 3.63) is 28.2 Å². The lowest BCUT2D eigenvalue weighted by Crippen LogP contribution is -2.40. The first-order valence-electron chi connectivity index (χ1n) is 5.77. The fourth-order valence-electron chi connectivity index (χ4n) is 1.58. The highest BCUT2D eigenvalue weighted by atomic mass is 79.9. The topological polar surface area (TPSA) is 55.6 Å². The van der Waals surface area contributed by atoms with Gasteiger partial charge < -0.3 is 15.4 Å². The number of benzene rings is 1. The highest BCUT2D eigenvalue weighted by Gasteiger charge is 2.16. The molecule has 0 saturated heterocycles. The van der Waals surface area contributed by atoms with E-state index < -0.39 is 0 Å². The van der Waals surface area contributed by atoms with Crippen LogP contribution in [0.25, 0.3) is 0 Å². The summed E-state index contributed by atoms with van der Waals surface area (Å²) < 4.78 is 6.18. The molecule has 1 aromatic carbocycles. The van der Waals surface area contributed by atoms with E-state index in [-0.39, 0.29) is 24.4 Å². The molecule has 0 fully saturated rings. The molecule has 6 heteroatoms. The number of likely N-dealkylation sites (N-methyl/N-ethyl adjacent to an activating group) is 1. The number of methoxy groups -OCH3 is 1. The summed E-state index contributed by atoms with van der Waals surface area (Å²) in [5.41, 5.74) is 6.43. The van der Waals surface area contributed by atoms with Gasteiger partial charge in [0.25, 0.3) is 0 Å². The van der Waals surface area contributed by atoms with Gasteiger partial charge >= 0.3 is 0 Å². The van der Waals surface area contributed by atoms with E-state index in [0.29, 0.717) is 13.0 Å². The zero-order valence-corrected chi connectivity index (χ0v) is 13.8.